The molecule has 3 amide bonds. The van der Waals surface area contributed by atoms with Crippen molar-refractivity contribution in [3.63, 3.8) is 0 Å². The van der Waals surface area contributed by atoms with Gasteiger partial charge in [-0.2, -0.15) is 11.8 Å². The maximum Gasteiger partial charge on any atom is 0.326 e. The molecule has 4 atom stereocenters. The van der Waals surface area contributed by atoms with Crippen molar-refractivity contribution in [2.24, 2.45) is 11.7 Å². The lowest BCUT2D eigenvalue weighted by Crippen LogP contribution is -2.54. The molecule has 0 rings (SSSR count). The molecule has 7 N–H and O–H groups in total. The highest BCUT2D eigenvalue weighted by atomic mass is 32.2. The van der Waals surface area contributed by atoms with Crippen LogP contribution in [0.2, 0.25) is 0 Å². The molecule has 4 unspecified atom stereocenters. The summed E-state index contributed by atoms with van der Waals surface area (Å²) in [6, 6.07) is -3.11. The Hall–Kier alpha value is -1.85. The lowest BCUT2D eigenvalue weighted by molar-refractivity contribution is -0.143. The fraction of sp³-hybridized carbons (Fsp3) is 0.750. The predicted molar refractivity (Wildman–Crippen MR) is 102 cm³/mol. The molecule has 27 heavy (non-hydrogen) atoms. The number of hydrogen-bond donors (Lipinski definition) is 6. The van der Waals surface area contributed by atoms with Crippen LogP contribution in [0.3, 0.4) is 0 Å². The highest BCUT2D eigenvalue weighted by Crippen LogP contribution is 2.07. The van der Waals surface area contributed by atoms with Gasteiger partial charge in [-0.25, -0.2) is 4.79 Å². The SMILES string of the molecule is CCC(C)C(NC(=O)CNC(=O)C(CCSC)NC(=O)C(N)CO)C(=O)O. The molecule has 0 heterocycles. The third-order valence-corrected chi connectivity index (χ3v) is 4.64. The van der Waals surface area contributed by atoms with Crippen LogP contribution >= 0.6 is 11.8 Å². The highest BCUT2D eigenvalue weighted by molar-refractivity contribution is 7.98. The monoisotopic (exact) mass is 406 g/mol. The molecule has 0 saturated carbocycles. The molecular formula is C16H30N4O6S. The summed E-state index contributed by atoms with van der Waals surface area (Å²) in [5, 5.41) is 25.3. The summed E-state index contributed by atoms with van der Waals surface area (Å²) < 4.78 is 0. The topological polar surface area (TPSA) is 171 Å². The number of aliphatic carboxylic acids is 1. The smallest absolute Gasteiger partial charge is 0.326 e. The van der Waals surface area contributed by atoms with Gasteiger partial charge in [0.2, 0.25) is 17.7 Å². The van der Waals surface area contributed by atoms with E-state index in [1.165, 1.54) is 11.8 Å². The summed E-state index contributed by atoms with van der Waals surface area (Å²) in [6.07, 6.45) is 2.71. The van der Waals surface area contributed by atoms with Crippen LogP contribution in [-0.2, 0) is 19.2 Å². The maximum atomic E-state index is 12.3. The first-order chi connectivity index (χ1) is 12.7. The number of thioether (sulfide) groups is 1. The second-order valence-electron chi connectivity index (χ2n) is 6.12. The Morgan fingerprint density at radius 3 is 2.26 bits per heavy atom. The first kappa shape index (κ1) is 25.1. The molecule has 11 heteroatoms. The van der Waals surface area contributed by atoms with Crippen LogP contribution in [0, 0.1) is 5.92 Å². The van der Waals surface area contributed by atoms with E-state index in [-0.39, 0.29) is 5.92 Å². The van der Waals surface area contributed by atoms with Crippen molar-refractivity contribution in [3.05, 3.63) is 0 Å². The number of hydrogen-bond acceptors (Lipinski definition) is 7. The minimum absolute atomic E-state index is 0.268. The van der Waals surface area contributed by atoms with Crippen molar-refractivity contribution in [2.75, 3.05) is 25.2 Å². The Morgan fingerprint density at radius 2 is 1.78 bits per heavy atom. The van der Waals surface area contributed by atoms with Gasteiger partial charge in [0.15, 0.2) is 0 Å². The van der Waals surface area contributed by atoms with Crippen LogP contribution in [-0.4, -0.2) is 77.2 Å². The van der Waals surface area contributed by atoms with Gasteiger partial charge in [0.1, 0.15) is 18.1 Å². The van der Waals surface area contributed by atoms with Crippen LogP contribution in [0.5, 0.6) is 0 Å². The molecule has 0 fully saturated rings. The van der Waals surface area contributed by atoms with E-state index in [1.807, 2.05) is 13.2 Å². The number of nitrogens with two attached hydrogens (primary N) is 1. The van der Waals surface area contributed by atoms with Crippen molar-refractivity contribution in [2.45, 2.75) is 44.8 Å². The summed E-state index contributed by atoms with van der Waals surface area (Å²) in [7, 11) is 0. The Labute approximate surface area is 163 Å². The molecule has 0 bridgehead atoms. The number of rotatable bonds is 13. The number of carbonyl (C=O) groups excluding carboxylic acids is 3. The van der Waals surface area contributed by atoms with Crippen molar-refractivity contribution in [3.8, 4) is 0 Å². The van der Waals surface area contributed by atoms with E-state index < -0.39 is 55.0 Å². The summed E-state index contributed by atoms with van der Waals surface area (Å²) >= 11 is 1.47. The minimum Gasteiger partial charge on any atom is -0.480 e. The molecule has 0 radical (unpaired) electrons. The Morgan fingerprint density at radius 1 is 1.15 bits per heavy atom. The van der Waals surface area contributed by atoms with Gasteiger partial charge in [0.25, 0.3) is 0 Å². The first-order valence-corrected chi connectivity index (χ1v) is 10.0. The lowest BCUT2D eigenvalue weighted by atomic mass is 9.99. The molecule has 156 valence electrons. The van der Waals surface area contributed by atoms with E-state index in [0.717, 1.165) is 0 Å². The predicted octanol–water partition coefficient (Wildman–Crippen LogP) is -1.72. The highest BCUT2D eigenvalue weighted by Gasteiger charge is 2.27. The summed E-state index contributed by atoms with van der Waals surface area (Å²) in [4.78, 5) is 47.3. The van der Waals surface area contributed by atoms with Crippen molar-refractivity contribution < 1.29 is 29.4 Å². The van der Waals surface area contributed by atoms with Gasteiger partial charge in [-0.15, -0.1) is 0 Å². The van der Waals surface area contributed by atoms with E-state index in [0.29, 0.717) is 18.6 Å². The second kappa shape index (κ2) is 13.3. The summed E-state index contributed by atoms with van der Waals surface area (Å²) in [5.74, 6) is -2.74. The number of aliphatic hydroxyl groups is 1. The zero-order valence-corrected chi connectivity index (χ0v) is 16.7. The van der Waals surface area contributed by atoms with Crippen LogP contribution in [0.25, 0.3) is 0 Å². The number of carboxylic acid groups (broad SMARTS) is 1. The molecular weight excluding hydrogens is 376 g/mol. The molecule has 0 aliphatic rings. The number of nitrogens with one attached hydrogen (secondary N) is 3. The lowest BCUT2D eigenvalue weighted by Gasteiger charge is -2.22. The van der Waals surface area contributed by atoms with Gasteiger partial charge in [-0.3, -0.25) is 14.4 Å². The van der Waals surface area contributed by atoms with Gasteiger partial charge in [0.05, 0.1) is 13.2 Å². The van der Waals surface area contributed by atoms with Crippen molar-refractivity contribution in [1.29, 1.82) is 0 Å². The molecule has 0 saturated heterocycles. The number of carboxylic acids is 1. The quantitative estimate of drug-likeness (QED) is 0.210. The number of carbonyl (C=O) groups is 4. The molecule has 0 aliphatic carbocycles. The zero-order chi connectivity index (χ0) is 21.0. The van der Waals surface area contributed by atoms with Crippen molar-refractivity contribution >= 4 is 35.5 Å². The first-order valence-electron chi connectivity index (χ1n) is 8.63. The van der Waals surface area contributed by atoms with E-state index in [1.54, 1.807) is 6.92 Å². The molecule has 0 aromatic rings. The summed E-state index contributed by atoms with van der Waals surface area (Å²) in [6.45, 7) is 2.54. The van der Waals surface area contributed by atoms with E-state index in [4.69, 9.17) is 10.8 Å². The molecule has 0 aromatic heterocycles. The van der Waals surface area contributed by atoms with Gasteiger partial charge >= 0.3 is 5.97 Å². The van der Waals surface area contributed by atoms with Crippen LogP contribution < -0.4 is 21.7 Å². The van der Waals surface area contributed by atoms with Crippen LogP contribution in [0.4, 0.5) is 0 Å². The second-order valence-corrected chi connectivity index (χ2v) is 7.10. The third kappa shape index (κ3) is 9.59. The van der Waals surface area contributed by atoms with E-state index >= 15 is 0 Å². The normalized spacial score (nSPS) is 15.1. The Kier molecular flexibility index (Phi) is 12.4. The number of aliphatic hydroxyl groups excluding tert-OH is 1. The maximum absolute atomic E-state index is 12.3. The average Bonchev–Trinajstić information content (AvgIpc) is 2.65. The van der Waals surface area contributed by atoms with Gasteiger partial charge in [0, 0.05) is 0 Å². The Balaban J connectivity index is 4.75. The molecule has 0 aliphatic heterocycles. The van der Waals surface area contributed by atoms with Gasteiger partial charge < -0.3 is 31.9 Å². The van der Waals surface area contributed by atoms with Crippen molar-refractivity contribution in [1.82, 2.24) is 16.0 Å². The molecule has 10 nitrogen and oxygen atoms in total. The van der Waals surface area contributed by atoms with Crippen LogP contribution in [0.1, 0.15) is 26.7 Å². The fourth-order valence-corrected chi connectivity index (χ4v) is 2.54. The largest absolute Gasteiger partial charge is 0.480 e. The molecule has 0 aromatic carbocycles. The van der Waals surface area contributed by atoms with Crippen LogP contribution in [0.15, 0.2) is 0 Å². The average molecular weight is 407 g/mol. The minimum atomic E-state index is -1.15. The van der Waals surface area contributed by atoms with Gasteiger partial charge in [-0.1, -0.05) is 20.3 Å². The fourth-order valence-electron chi connectivity index (χ4n) is 2.06. The van der Waals surface area contributed by atoms with Gasteiger partial charge in [-0.05, 0) is 24.3 Å². The summed E-state index contributed by atoms with van der Waals surface area (Å²) in [5.41, 5.74) is 5.42. The Bertz CT molecular complexity index is 519. The third-order valence-electron chi connectivity index (χ3n) is 4.00. The number of amides is 3. The van der Waals surface area contributed by atoms with E-state index in [9.17, 15) is 24.3 Å². The standard InChI is InChI=1S/C16H30N4O6S/c1-4-9(2)13(16(25)26)20-12(22)7-18-15(24)11(5-6-27-3)19-14(23)10(17)8-21/h9-11,13,21H,4-8,17H2,1-3H3,(H,18,24)(H,19,23)(H,20,22)(H,25,26). The zero-order valence-electron chi connectivity index (χ0n) is 15.9. The molecule has 0 spiro atoms. The van der Waals surface area contributed by atoms with E-state index in [2.05, 4.69) is 16.0 Å².